The van der Waals surface area contributed by atoms with Gasteiger partial charge in [-0.2, -0.15) is 0 Å². The van der Waals surface area contributed by atoms with Crippen LogP contribution in [0.1, 0.15) is 5.56 Å². The zero-order valence-electron chi connectivity index (χ0n) is 11.8. The van der Waals surface area contributed by atoms with Crippen molar-refractivity contribution in [3.8, 4) is 5.75 Å². The predicted molar refractivity (Wildman–Crippen MR) is 85.4 cm³/mol. The monoisotopic (exact) mass is 319 g/mol. The van der Waals surface area contributed by atoms with Gasteiger partial charge >= 0.3 is 0 Å². The highest BCUT2D eigenvalue weighted by molar-refractivity contribution is 6.30. The molecular weight excluding hydrogens is 305 g/mol. The average molecular weight is 320 g/mol. The molecule has 114 valence electrons. The molecule has 0 radical (unpaired) electrons. The van der Waals surface area contributed by atoms with Crippen LogP contribution in [-0.2, 0) is 4.79 Å². The van der Waals surface area contributed by atoms with Gasteiger partial charge < -0.3 is 10.1 Å². The number of rotatable bonds is 6. The van der Waals surface area contributed by atoms with E-state index in [0.717, 1.165) is 5.56 Å². The third-order valence-electron chi connectivity index (χ3n) is 2.78. The molecule has 2 rings (SSSR count). The molecule has 5 heteroatoms. The fourth-order valence-electron chi connectivity index (χ4n) is 1.68. The van der Waals surface area contributed by atoms with E-state index in [-0.39, 0.29) is 11.7 Å². The molecule has 1 N–H and O–H groups in total. The summed E-state index contributed by atoms with van der Waals surface area (Å²) in [5, 5.41) is 3.35. The third-order valence-corrected chi connectivity index (χ3v) is 3.03. The molecular formula is C17H15ClFNO2. The molecule has 0 fully saturated rings. The lowest BCUT2D eigenvalue weighted by atomic mass is 10.2. The van der Waals surface area contributed by atoms with E-state index >= 15 is 0 Å². The summed E-state index contributed by atoms with van der Waals surface area (Å²) in [4.78, 5) is 11.6. The van der Waals surface area contributed by atoms with Crippen LogP contribution in [0.25, 0.3) is 6.08 Å². The topological polar surface area (TPSA) is 38.3 Å². The Morgan fingerprint density at radius 1 is 1.14 bits per heavy atom. The minimum atomic E-state index is -0.312. The normalized spacial score (nSPS) is 10.6. The maximum atomic E-state index is 12.7. The van der Waals surface area contributed by atoms with Gasteiger partial charge in [-0.15, -0.1) is 0 Å². The molecule has 2 aromatic carbocycles. The van der Waals surface area contributed by atoms with Crippen LogP contribution < -0.4 is 10.1 Å². The van der Waals surface area contributed by atoms with Gasteiger partial charge in [-0.05, 0) is 48.0 Å². The number of amides is 1. The molecule has 0 saturated carbocycles. The summed E-state index contributed by atoms with van der Waals surface area (Å²) in [6.07, 6.45) is 3.15. The van der Waals surface area contributed by atoms with Gasteiger partial charge in [0.15, 0.2) is 0 Å². The van der Waals surface area contributed by atoms with Gasteiger partial charge in [0, 0.05) is 11.1 Å². The van der Waals surface area contributed by atoms with Gasteiger partial charge in [0.25, 0.3) is 0 Å². The van der Waals surface area contributed by atoms with Gasteiger partial charge in [-0.3, -0.25) is 4.79 Å². The van der Waals surface area contributed by atoms with E-state index in [1.54, 1.807) is 18.2 Å². The number of carbonyl (C=O) groups is 1. The summed E-state index contributed by atoms with van der Waals surface area (Å²) in [5.41, 5.74) is 0.891. The van der Waals surface area contributed by atoms with Crippen LogP contribution in [0.5, 0.6) is 5.75 Å². The van der Waals surface area contributed by atoms with E-state index in [0.29, 0.717) is 23.9 Å². The Morgan fingerprint density at radius 2 is 1.82 bits per heavy atom. The molecule has 0 aliphatic rings. The van der Waals surface area contributed by atoms with E-state index in [1.807, 2.05) is 12.1 Å². The van der Waals surface area contributed by atoms with Crippen molar-refractivity contribution in [1.29, 1.82) is 0 Å². The average Bonchev–Trinajstić information content (AvgIpc) is 2.53. The molecule has 0 spiro atoms. The van der Waals surface area contributed by atoms with Gasteiger partial charge in [0.05, 0.1) is 6.54 Å². The van der Waals surface area contributed by atoms with Crippen molar-refractivity contribution in [3.05, 3.63) is 71.0 Å². The first kappa shape index (κ1) is 16.0. The van der Waals surface area contributed by atoms with Crippen molar-refractivity contribution in [2.24, 2.45) is 0 Å². The molecule has 2 aromatic rings. The zero-order chi connectivity index (χ0) is 15.8. The van der Waals surface area contributed by atoms with E-state index in [2.05, 4.69) is 5.32 Å². The first-order valence-corrected chi connectivity index (χ1v) is 7.11. The SMILES string of the molecule is O=C(/C=C/c1ccc(Cl)cc1)NCCOc1ccc(F)cc1. The maximum Gasteiger partial charge on any atom is 0.244 e. The van der Waals surface area contributed by atoms with E-state index in [1.165, 1.54) is 30.3 Å². The molecule has 0 aliphatic heterocycles. The first-order chi connectivity index (χ1) is 10.6. The summed E-state index contributed by atoms with van der Waals surface area (Å²) in [6, 6.07) is 12.9. The summed E-state index contributed by atoms with van der Waals surface area (Å²) in [6.45, 7) is 0.674. The fraction of sp³-hybridized carbons (Fsp3) is 0.118. The van der Waals surface area contributed by atoms with E-state index < -0.39 is 0 Å². The van der Waals surface area contributed by atoms with Gasteiger partial charge in [0.1, 0.15) is 18.2 Å². The van der Waals surface area contributed by atoms with Crippen LogP contribution in [0.3, 0.4) is 0 Å². The number of benzene rings is 2. The Morgan fingerprint density at radius 3 is 2.50 bits per heavy atom. The van der Waals surface area contributed by atoms with Crippen molar-refractivity contribution >= 4 is 23.6 Å². The highest BCUT2D eigenvalue weighted by atomic mass is 35.5. The van der Waals surface area contributed by atoms with Crippen molar-refractivity contribution in [1.82, 2.24) is 5.32 Å². The van der Waals surface area contributed by atoms with Crippen LogP contribution in [0.2, 0.25) is 5.02 Å². The van der Waals surface area contributed by atoms with Crippen LogP contribution in [0.4, 0.5) is 4.39 Å². The third kappa shape index (κ3) is 5.58. The van der Waals surface area contributed by atoms with Gasteiger partial charge in [0.2, 0.25) is 5.91 Å². The first-order valence-electron chi connectivity index (χ1n) is 6.73. The Bertz CT molecular complexity index is 639. The highest BCUT2D eigenvalue weighted by Crippen LogP contribution is 2.11. The van der Waals surface area contributed by atoms with Gasteiger partial charge in [-0.1, -0.05) is 23.7 Å². The predicted octanol–water partition coefficient (Wildman–Crippen LogP) is 3.69. The van der Waals surface area contributed by atoms with Crippen molar-refractivity contribution in [3.63, 3.8) is 0 Å². The number of nitrogens with one attached hydrogen (secondary N) is 1. The molecule has 0 atom stereocenters. The Labute approximate surface area is 133 Å². The Hall–Kier alpha value is -2.33. The summed E-state index contributed by atoms with van der Waals surface area (Å²) >= 11 is 5.78. The van der Waals surface area contributed by atoms with Crippen molar-refractivity contribution < 1.29 is 13.9 Å². The molecule has 0 saturated heterocycles. The largest absolute Gasteiger partial charge is 0.492 e. The molecule has 0 unspecified atom stereocenters. The second-order valence-electron chi connectivity index (χ2n) is 4.48. The number of ether oxygens (including phenoxy) is 1. The summed E-state index contributed by atoms with van der Waals surface area (Å²) in [7, 11) is 0. The standard InChI is InChI=1S/C17H15ClFNO2/c18-14-4-1-13(2-5-14)3-10-17(21)20-11-12-22-16-8-6-15(19)7-9-16/h1-10H,11-12H2,(H,20,21)/b10-3+. The lowest BCUT2D eigenvalue weighted by Crippen LogP contribution is -2.26. The quantitative estimate of drug-likeness (QED) is 0.651. The van der Waals surface area contributed by atoms with Crippen LogP contribution in [0.15, 0.2) is 54.6 Å². The number of carbonyl (C=O) groups excluding carboxylic acids is 1. The van der Waals surface area contributed by atoms with Gasteiger partial charge in [-0.25, -0.2) is 4.39 Å². The van der Waals surface area contributed by atoms with Crippen molar-refractivity contribution in [2.45, 2.75) is 0 Å². The smallest absolute Gasteiger partial charge is 0.244 e. The minimum absolute atomic E-state index is 0.211. The lowest BCUT2D eigenvalue weighted by Gasteiger charge is -2.06. The molecule has 0 aromatic heterocycles. The minimum Gasteiger partial charge on any atom is -0.492 e. The highest BCUT2D eigenvalue weighted by Gasteiger charge is 1.97. The molecule has 3 nitrogen and oxygen atoms in total. The summed E-state index contributed by atoms with van der Waals surface area (Å²) in [5.74, 6) is 0.0398. The van der Waals surface area contributed by atoms with Crippen LogP contribution in [-0.4, -0.2) is 19.1 Å². The van der Waals surface area contributed by atoms with Crippen LogP contribution in [0, 0.1) is 5.82 Å². The maximum absolute atomic E-state index is 12.7. The number of halogens is 2. The molecule has 0 heterocycles. The molecule has 0 aliphatic carbocycles. The summed E-state index contributed by atoms with van der Waals surface area (Å²) < 4.78 is 18.1. The van der Waals surface area contributed by atoms with E-state index in [9.17, 15) is 9.18 Å². The zero-order valence-corrected chi connectivity index (χ0v) is 12.5. The molecule has 1 amide bonds. The second kappa shape index (κ2) is 8.20. The Kier molecular flexibility index (Phi) is 5.98. The van der Waals surface area contributed by atoms with E-state index in [4.69, 9.17) is 16.3 Å². The molecule has 0 bridgehead atoms. The van der Waals surface area contributed by atoms with Crippen molar-refractivity contribution in [2.75, 3.05) is 13.2 Å². The van der Waals surface area contributed by atoms with Crippen LogP contribution >= 0.6 is 11.6 Å². The number of hydrogen-bond donors (Lipinski definition) is 1. The lowest BCUT2D eigenvalue weighted by molar-refractivity contribution is -0.116. The molecule has 22 heavy (non-hydrogen) atoms. The Balaban J connectivity index is 1.69. The number of hydrogen-bond acceptors (Lipinski definition) is 2. The fourth-order valence-corrected chi connectivity index (χ4v) is 1.80. The second-order valence-corrected chi connectivity index (χ2v) is 4.91.